The van der Waals surface area contributed by atoms with E-state index in [4.69, 9.17) is 4.98 Å². The first-order valence-corrected chi connectivity index (χ1v) is 13.5. The normalized spacial score (nSPS) is 21.7. The number of benzene rings is 2. The van der Waals surface area contributed by atoms with Gasteiger partial charge in [-0.2, -0.15) is 0 Å². The highest BCUT2D eigenvalue weighted by Gasteiger charge is 2.22. The summed E-state index contributed by atoms with van der Waals surface area (Å²) < 4.78 is 4.65. The monoisotopic (exact) mass is 470 g/mol. The van der Waals surface area contributed by atoms with Crippen LogP contribution in [0.4, 0.5) is 17.2 Å². The maximum atomic E-state index is 5.32. The van der Waals surface area contributed by atoms with Gasteiger partial charge in [0.05, 0.1) is 32.7 Å². The molecule has 0 spiro atoms. The molecule has 1 aromatic heterocycles. The Kier molecular flexibility index (Phi) is 6.05. The zero-order chi connectivity index (χ0) is 23.8. The third-order valence-corrected chi connectivity index (χ3v) is 8.07. The van der Waals surface area contributed by atoms with Crippen molar-refractivity contribution in [2.75, 3.05) is 45.2 Å². The summed E-state index contributed by atoms with van der Waals surface area (Å²) in [7, 11) is 4.37. The number of rotatable bonds is 3. The molecule has 0 radical (unpaired) electrons. The first kappa shape index (κ1) is 22.3. The summed E-state index contributed by atoms with van der Waals surface area (Å²) in [6, 6.07) is 13.8. The van der Waals surface area contributed by atoms with Crippen LogP contribution in [0.2, 0.25) is 0 Å². The van der Waals surface area contributed by atoms with Gasteiger partial charge in [0.2, 0.25) is 11.7 Å². The summed E-state index contributed by atoms with van der Waals surface area (Å²) in [5.41, 5.74) is 3.53. The van der Waals surface area contributed by atoms with Crippen LogP contribution in [0.3, 0.4) is 0 Å². The van der Waals surface area contributed by atoms with Crippen molar-refractivity contribution in [3.8, 4) is 0 Å². The summed E-state index contributed by atoms with van der Waals surface area (Å²) in [5, 5.41) is 11.0. The maximum absolute atomic E-state index is 5.32. The molecule has 3 aliphatic heterocycles. The van der Waals surface area contributed by atoms with Gasteiger partial charge in [-0.1, -0.05) is 0 Å². The second-order valence-corrected chi connectivity index (χ2v) is 10.3. The van der Waals surface area contributed by atoms with Crippen molar-refractivity contribution in [3.05, 3.63) is 36.4 Å². The van der Waals surface area contributed by atoms with E-state index >= 15 is 0 Å². The quantitative estimate of drug-likeness (QED) is 0.423. The minimum Gasteiger partial charge on any atom is -0.356 e. The molecule has 3 aliphatic rings. The largest absolute Gasteiger partial charge is 0.356 e. The summed E-state index contributed by atoms with van der Waals surface area (Å²) in [4.78, 5) is 7.81. The van der Waals surface area contributed by atoms with Crippen molar-refractivity contribution in [1.82, 2.24) is 15.6 Å². The highest BCUT2D eigenvalue weighted by molar-refractivity contribution is 6.11. The molecule has 3 aromatic rings. The Bertz CT molecular complexity index is 1320. The lowest BCUT2D eigenvalue weighted by atomic mass is 10.0. The first-order valence-electron chi connectivity index (χ1n) is 13.5. The number of amidine groups is 2. The molecule has 0 amide bonds. The lowest BCUT2D eigenvalue weighted by molar-refractivity contribution is -0.409. The number of nitrogens with zero attached hydrogens (tertiary/aromatic N) is 4. The van der Waals surface area contributed by atoms with Crippen LogP contribution in [0.15, 0.2) is 36.4 Å². The van der Waals surface area contributed by atoms with E-state index in [0.717, 1.165) is 50.4 Å². The standard InChI is InChI=1S/C29H36N6/c1-33(27-9-3-5-15-30-27)21-11-13-23-24-14-12-22(34(2)28-10-4-6-16-31-28)20-26(24)32-29(25(23)19-21)35-17-7-8-18-35/h11-14,19-20H,3-10,15-18H2,1-2H3/p+2. The molecular weight excluding hydrogens is 432 g/mol. The molecule has 6 heteroatoms. The molecule has 0 atom stereocenters. The topological polar surface area (TPSA) is 46.2 Å². The predicted octanol–water partition coefficient (Wildman–Crippen LogP) is 4.88. The highest BCUT2D eigenvalue weighted by atomic mass is 15.2. The number of anilines is 1. The van der Waals surface area contributed by atoms with Crippen molar-refractivity contribution >= 4 is 50.5 Å². The summed E-state index contributed by atoms with van der Waals surface area (Å²) in [6.45, 7) is 4.33. The fourth-order valence-electron chi connectivity index (χ4n) is 5.92. The van der Waals surface area contributed by atoms with Gasteiger partial charge in [-0.3, -0.25) is 10.6 Å². The molecule has 3 fully saturated rings. The van der Waals surface area contributed by atoms with Crippen LogP contribution in [0.25, 0.3) is 21.7 Å². The average Bonchev–Trinajstić information content (AvgIpc) is 3.47. The van der Waals surface area contributed by atoms with Crippen molar-refractivity contribution in [1.29, 1.82) is 0 Å². The van der Waals surface area contributed by atoms with Gasteiger partial charge >= 0.3 is 0 Å². The van der Waals surface area contributed by atoms with E-state index in [2.05, 4.69) is 75.2 Å². The Labute approximate surface area is 208 Å². The predicted molar refractivity (Wildman–Crippen MR) is 146 cm³/mol. The van der Waals surface area contributed by atoms with E-state index in [1.807, 2.05) is 0 Å². The Hall–Kier alpha value is -3.15. The van der Waals surface area contributed by atoms with Gasteiger partial charge < -0.3 is 4.90 Å². The molecule has 3 saturated heterocycles. The summed E-state index contributed by atoms with van der Waals surface area (Å²) >= 11 is 0. The second kappa shape index (κ2) is 9.48. The fraction of sp³-hybridized carbons (Fsp3) is 0.483. The van der Waals surface area contributed by atoms with Gasteiger partial charge in [-0.25, -0.2) is 14.1 Å². The Morgan fingerprint density at radius 2 is 1.29 bits per heavy atom. The zero-order valence-electron chi connectivity index (χ0n) is 21.2. The van der Waals surface area contributed by atoms with Crippen LogP contribution >= 0.6 is 0 Å². The minimum atomic E-state index is 1.07. The van der Waals surface area contributed by atoms with Gasteiger partial charge in [-0.15, -0.1) is 0 Å². The fourth-order valence-corrected chi connectivity index (χ4v) is 5.92. The lowest BCUT2D eigenvalue weighted by Gasteiger charge is -2.21. The molecule has 2 aromatic carbocycles. The molecule has 0 saturated carbocycles. The minimum absolute atomic E-state index is 1.07. The van der Waals surface area contributed by atoms with Gasteiger partial charge in [-0.05, 0) is 74.2 Å². The molecular formula is C29H38N6+2. The number of aromatic nitrogens is 1. The van der Waals surface area contributed by atoms with Crippen LogP contribution in [0.1, 0.15) is 51.4 Å². The van der Waals surface area contributed by atoms with Gasteiger partial charge in [0, 0.05) is 42.8 Å². The number of nitrogens with one attached hydrogen (secondary N) is 2. The second-order valence-electron chi connectivity index (χ2n) is 10.3. The van der Waals surface area contributed by atoms with Crippen LogP contribution in [0, 0.1) is 0 Å². The Balaban J connectivity index is 1.50. The molecule has 182 valence electrons. The Morgan fingerprint density at radius 3 is 1.89 bits per heavy atom. The molecule has 0 aliphatic carbocycles. The molecule has 2 N–H and O–H groups in total. The smallest absolute Gasteiger partial charge is 0.249 e. The van der Waals surface area contributed by atoms with Crippen molar-refractivity contribution < 1.29 is 9.15 Å². The molecule has 4 heterocycles. The number of piperidine rings is 2. The molecule has 35 heavy (non-hydrogen) atoms. The van der Waals surface area contributed by atoms with Gasteiger partial charge in [0.25, 0.3) is 0 Å². The number of fused-ring (bicyclic) bond motifs is 3. The first-order chi connectivity index (χ1) is 17.2. The van der Waals surface area contributed by atoms with E-state index in [0.29, 0.717) is 0 Å². The van der Waals surface area contributed by atoms with Gasteiger partial charge in [0.1, 0.15) is 17.2 Å². The van der Waals surface area contributed by atoms with E-state index in [1.54, 1.807) is 0 Å². The zero-order valence-corrected chi connectivity index (χ0v) is 21.2. The molecule has 0 unspecified atom stereocenters. The third kappa shape index (κ3) is 4.24. The summed E-state index contributed by atoms with van der Waals surface area (Å²) in [6.07, 6.45) is 9.76. The Morgan fingerprint density at radius 1 is 0.686 bits per heavy atom. The number of hydrogen-bond donors (Lipinski definition) is 2. The van der Waals surface area contributed by atoms with Crippen molar-refractivity contribution in [2.24, 2.45) is 0 Å². The molecule has 0 bridgehead atoms. The SMILES string of the molecule is C[N+](=C1CCCCN1)c1ccc2c(c1)nc(N1CCCC1)c1cc([N+](C)=C3CCCCN3)ccc12. The van der Waals surface area contributed by atoms with E-state index < -0.39 is 0 Å². The van der Waals surface area contributed by atoms with Crippen molar-refractivity contribution in [2.45, 2.75) is 51.4 Å². The van der Waals surface area contributed by atoms with Crippen molar-refractivity contribution in [3.63, 3.8) is 0 Å². The molecule has 6 rings (SSSR count). The average molecular weight is 471 g/mol. The third-order valence-electron chi connectivity index (χ3n) is 8.07. The van der Waals surface area contributed by atoms with E-state index in [9.17, 15) is 0 Å². The lowest BCUT2D eigenvalue weighted by Crippen LogP contribution is -2.34. The van der Waals surface area contributed by atoms with Gasteiger partial charge in [0.15, 0.2) is 0 Å². The van der Waals surface area contributed by atoms with Crippen LogP contribution in [-0.4, -0.2) is 66.1 Å². The van der Waals surface area contributed by atoms with E-state index in [-0.39, 0.29) is 0 Å². The van der Waals surface area contributed by atoms with Crippen LogP contribution in [0.5, 0.6) is 0 Å². The van der Waals surface area contributed by atoms with Crippen LogP contribution in [-0.2, 0) is 0 Å². The number of pyridine rings is 1. The van der Waals surface area contributed by atoms with Crippen LogP contribution < -0.4 is 15.5 Å². The summed E-state index contributed by atoms with van der Waals surface area (Å²) in [5.74, 6) is 3.79. The maximum Gasteiger partial charge on any atom is 0.249 e. The number of hydrogen-bond acceptors (Lipinski definition) is 2. The van der Waals surface area contributed by atoms with E-state index in [1.165, 1.54) is 77.7 Å². The molecule has 6 nitrogen and oxygen atoms in total. The highest BCUT2D eigenvalue weighted by Crippen LogP contribution is 2.36.